The summed E-state index contributed by atoms with van der Waals surface area (Å²) in [5.41, 5.74) is 3.07. The van der Waals surface area contributed by atoms with E-state index in [-0.39, 0.29) is 30.2 Å². The molecule has 0 bridgehead atoms. The first kappa shape index (κ1) is 29.1. The van der Waals surface area contributed by atoms with Crippen LogP contribution in [0.4, 0.5) is 11.4 Å². The number of aliphatic hydroxyl groups is 2. The SMILES string of the molecule is CC/C(=C\c1ccc(O)cc1)CC[C@@H](O)C1=C(COC)C[C@H]2C(=O)N(c3cccc([N+](=O)[O-])c3)C(=O)[C@H]2[C@H]1CO. The maximum atomic E-state index is 13.6. The summed E-state index contributed by atoms with van der Waals surface area (Å²) in [5, 5.41) is 42.7. The molecule has 2 aromatic carbocycles. The van der Waals surface area contributed by atoms with E-state index in [0.717, 1.165) is 22.5 Å². The number of nitrogens with zero attached hydrogens (tertiary/aromatic N) is 2. The highest BCUT2D eigenvalue weighted by atomic mass is 16.6. The number of ether oxygens (including phenoxy) is 1. The second-order valence-corrected chi connectivity index (χ2v) is 10.2. The predicted molar refractivity (Wildman–Crippen MR) is 148 cm³/mol. The lowest BCUT2D eigenvalue weighted by atomic mass is 9.68. The standard InChI is InChI=1S/C30H34N2O8/c1-3-18(13-19-7-10-23(34)11-8-19)9-12-26(35)27-20(17-40-2)14-24-28(25(27)16-33)30(37)31(29(24)36)21-5-4-6-22(15-21)32(38)39/h4-8,10-11,13,15,24-26,28,33-35H,3,9,12,14,16-17H2,1-2H3/b18-13+/t24-,25+,26-,28-/m1/s1. The molecular weight excluding hydrogens is 516 g/mol. The van der Waals surface area contributed by atoms with E-state index in [1.165, 1.54) is 31.4 Å². The summed E-state index contributed by atoms with van der Waals surface area (Å²) in [6.45, 7) is 1.70. The fraction of sp³-hybridized carbons (Fsp3) is 0.400. The van der Waals surface area contributed by atoms with Crippen molar-refractivity contribution in [1.29, 1.82) is 0 Å². The van der Waals surface area contributed by atoms with Gasteiger partial charge < -0.3 is 20.1 Å². The Morgan fingerprint density at radius 1 is 1.20 bits per heavy atom. The number of carbonyl (C=O) groups excluding carboxylic acids is 2. The number of fused-ring (bicyclic) bond motifs is 1. The number of amides is 2. The highest BCUT2D eigenvalue weighted by Crippen LogP contribution is 2.47. The van der Waals surface area contributed by atoms with Crippen molar-refractivity contribution in [2.45, 2.75) is 38.7 Å². The third-order valence-electron chi connectivity index (χ3n) is 7.81. The number of phenols is 1. The molecule has 2 aliphatic rings. The van der Waals surface area contributed by atoms with Crippen molar-refractivity contribution in [3.05, 3.63) is 80.9 Å². The molecule has 0 saturated carbocycles. The van der Waals surface area contributed by atoms with Gasteiger partial charge in [0, 0.05) is 25.2 Å². The van der Waals surface area contributed by atoms with Crippen LogP contribution in [-0.4, -0.2) is 58.5 Å². The number of hydrogen-bond donors (Lipinski definition) is 3. The summed E-state index contributed by atoms with van der Waals surface area (Å²) in [7, 11) is 1.50. The number of aromatic hydroxyl groups is 1. The van der Waals surface area contributed by atoms with Crippen LogP contribution >= 0.6 is 0 Å². The van der Waals surface area contributed by atoms with Gasteiger partial charge in [-0.3, -0.25) is 19.7 Å². The number of rotatable bonds is 11. The molecule has 10 nitrogen and oxygen atoms in total. The number of hydrogen-bond acceptors (Lipinski definition) is 8. The van der Waals surface area contributed by atoms with Gasteiger partial charge >= 0.3 is 0 Å². The zero-order valence-corrected chi connectivity index (χ0v) is 22.5. The van der Waals surface area contributed by atoms with Gasteiger partial charge in [0.1, 0.15) is 5.75 Å². The average Bonchev–Trinajstić information content (AvgIpc) is 3.20. The fourth-order valence-corrected chi connectivity index (χ4v) is 5.90. The van der Waals surface area contributed by atoms with E-state index in [2.05, 4.69) is 0 Å². The van der Waals surface area contributed by atoms with Crippen LogP contribution in [-0.2, 0) is 14.3 Å². The Morgan fingerprint density at radius 2 is 1.93 bits per heavy atom. The smallest absolute Gasteiger partial charge is 0.271 e. The highest BCUT2D eigenvalue weighted by molar-refractivity contribution is 6.22. The zero-order chi connectivity index (χ0) is 29.0. The van der Waals surface area contributed by atoms with Crippen molar-refractivity contribution in [2.24, 2.45) is 17.8 Å². The van der Waals surface area contributed by atoms with Crippen LogP contribution in [0.1, 0.15) is 38.2 Å². The van der Waals surface area contributed by atoms with Gasteiger partial charge in [-0.1, -0.05) is 36.8 Å². The Labute approximate surface area is 232 Å². The monoisotopic (exact) mass is 550 g/mol. The molecule has 4 rings (SSSR count). The maximum absolute atomic E-state index is 13.6. The molecular formula is C30H34N2O8. The van der Waals surface area contributed by atoms with Crippen molar-refractivity contribution >= 4 is 29.3 Å². The Balaban J connectivity index is 1.61. The molecule has 0 spiro atoms. The number of nitro benzene ring substituents is 1. The van der Waals surface area contributed by atoms with Gasteiger partial charge in [-0.05, 0) is 60.6 Å². The van der Waals surface area contributed by atoms with Gasteiger partial charge in [0.2, 0.25) is 11.8 Å². The molecule has 1 aliphatic carbocycles. The van der Waals surface area contributed by atoms with Gasteiger partial charge in [-0.25, -0.2) is 4.90 Å². The lowest BCUT2D eigenvalue weighted by Gasteiger charge is -2.36. The molecule has 1 aliphatic heterocycles. The number of carbonyl (C=O) groups is 2. The van der Waals surface area contributed by atoms with Gasteiger partial charge in [0.15, 0.2) is 0 Å². The number of aliphatic hydroxyl groups excluding tert-OH is 2. The number of benzene rings is 2. The summed E-state index contributed by atoms with van der Waals surface area (Å²) in [4.78, 5) is 38.8. The second-order valence-electron chi connectivity index (χ2n) is 10.2. The van der Waals surface area contributed by atoms with E-state index in [1.807, 2.05) is 13.0 Å². The molecule has 2 aromatic rings. The first-order valence-corrected chi connectivity index (χ1v) is 13.3. The van der Waals surface area contributed by atoms with Gasteiger partial charge in [-0.2, -0.15) is 0 Å². The molecule has 0 aromatic heterocycles. The third kappa shape index (κ3) is 5.84. The van der Waals surface area contributed by atoms with Gasteiger partial charge in [0.25, 0.3) is 5.69 Å². The van der Waals surface area contributed by atoms with Crippen LogP contribution in [0.2, 0.25) is 0 Å². The van der Waals surface area contributed by atoms with Crippen molar-refractivity contribution in [1.82, 2.24) is 0 Å². The number of nitro groups is 1. The van der Waals surface area contributed by atoms with E-state index in [9.17, 15) is 35.0 Å². The summed E-state index contributed by atoms with van der Waals surface area (Å²) < 4.78 is 5.39. The van der Waals surface area contributed by atoms with E-state index in [4.69, 9.17) is 4.74 Å². The Morgan fingerprint density at radius 3 is 2.55 bits per heavy atom. The van der Waals surface area contributed by atoms with Crippen LogP contribution in [0.15, 0.2) is 65.3 Å². The quantitative estimate of drug-likeness (QED) is 0.164. The molecule has 10 heteroatoms. The molecule has 1 saturated heterocycles. The minimum absolute atomic E-state index is 0.109. The molecule has 212 valence electrons. The summed E-state index contributed by atoms with van der Waals surface area (Å²) in [6.07, 6.45) is 2.85. The topological polar surface area (TPSA) is 150 Å². The highest BCUT2D eigenvalue weighted by Gasteiger charge is 2.55. The van der Waals surface area contributed by atoms with Crippen LogP contribution in [0.3, 0.4) is 0 Å². The molecule has 4 atom stereocenters. The summed E-state index contributed by atoms with van der Waals surface area (Å²) >= 11 is 0. The van der Waals surface area contributed by atoms with Crippen molar-refractivity contribution in [3.8, 4) is 5.75 Å². The lowest BCUT2D eigenvalue weighted by molar-refractivity contribution is -0.384. The summed E-state index contributed by atoms with van der Waals surface area (Å²) in [6, 6.07) is 12.2. The average molecular weight is 551 g/mol. The first-order chi connectivity index (χ1) is 19.2. The van der Waals surface area contributed by atoms with Crippen LogP contribution in [0, 0.1) is 27.9 Å². The zero-order valence-electron chi connectivity index (χ0n) is 22.5. The number of allylic oxidation sites excluding steroid dienone is 1. The number of non-ortho nitro benzene ring substituents is 1. The van der Waals surface area contributed by atoms with E-state index >= 15 is 0 Å². The van der Waals surface area contributed by atoms with Crippen LogP contribution in [0.25, 0.3) is 6.08 Å². The molecule has 1 heterocycles. The molecule has 0 radical (unpaired) electrons. The van der Waals surface area contributed by atoms with Crippen LogP contribution < -0.4 is 4.90 Å². The normalized spacial score (nSPS) is 22.1. The first-order valence-electron chi connectivity index (χ1n) is 13.3. The van der Waals surface area contributed by atoms with Gasteiger partial charge in [-0.15, -0.1) is 0 Å². The molecule has 0 unspecified atom stereocenters. The number of phenolic OH excluding ortho intramolecular Hbond substituents is 1. The van der Waals surface area contributed by atoms with E-state index < -0.39 is 47.2 Å². The predicted octanol–water partition coefficient (Wildman–Crippen LogP) is 4.00. The van der Waals surface area contributed by atoms with Crippen molar-refractivity contribution in [2.75, 3.05) is 25.2 Å². The fourth-order valence-electron chi connectivity index (χ4n) is 5.90. The van der Waals surface area contributed by atoms with Crippen molar-refractivity contribution < 1.29 is 34.6 Å². The largest absolute Gasteiger partial charge is 0.508 e. The van der Waals surface area contributed by atoms with E-state index in [0.29, 0.717) is 24.0 Å². The molecule has 40 heavy (non-hydrogen) atoms. The number of anilines is 1. The number of imide groups is 1. The molecule has 3 N–H and O–H groups in total. The Hall–Kier alpha value is -3.86. The Bertz CT molecular complexity index is 1330. The summed E-state index contributed by atoms with van der Waals surface area (Å²) in [5.74, 6) is -3.33. The Kier molecular flexibility index (Phi) is 9.14. The third-order valence-corrected chi connectivity index (χ3v) is 7.81. The minimum atomic E-state index is -0.979. The number of methoxy groups -OCH3 is 1. The second kappa shape index (κ2) is 12.5. The van der Waals surface area contributed by atoms with Crippen molar-refractivity contribution in [3.63, 3.8) is 0 Å². The van der Waals surface area contributed by atoms with E-state index in [1.54, 1.807) is 24.3 Å². The van der Waals surface area contributed by atoms with Crippen LogP contribution in [0.5, 0.6) is 5.75 Å². The van der Waals surface area contributed by atoms with Gasteiger partial charge in [0.05, 0.1) is 41.8 Å². The minimum Gasteiger partial charge on any atom is -0.508 e. The molecule has 1 fully saturated rings. The molecule has 2 amide bonds. The lowest BCUT2D eigenvalue weighted by Crippen LogP contribution is -2.39. The maximum Gasteiger partial charge on any atom is 0.271 e.